The molecule has 0 saturated heterocycles. The van der Waals surface area contributed by atoms with Crippen LogP contribution >= 0.6 is 11.8 Å². The molecule has 0 radical (unpaired) electrons. The van der Waals surface area contributed by atoms with Crippen molar-refractivity contribution in [1.82, 2.24) is 0 Å². The van der Waals surface area contributed by atoms with Gasteiger partial charge in [-0.15, -0.1) is 0 Å². The highest BCUT2D eigenvalue weighted by Crippen LogP contribution is 2.20. The van der Waals surface area contributed by atoms with Gasteiger partial charge in [0.25, 0.3) is 0 Å². The fraction of sp³-hybridized carbons (Fsp3) is 0.333. The Morgan fingerprint density at radius 3 is 2.61 bits per heavy atom. The number of nitrogens with two attached hydrogens (primary N) is 1. The molecule has 96 valence electrons. The van der Waals surface area contributed by atoms with Gasteiger partial charge in [0, 0.05) is 11.8 Å². The maximum atomic E-state index is 6.17. The molecule has 0 saturated carbocycles. The van der Waals surface area contributed by atoms with Crippen LogP contribution in [0.5, 0.6) is 0 Å². The van der Waals surface area contributed by atoms with E-state index >= 15 is 0 Å². The van der Waals surface area contributed by atoms with E-state index in [1.165, 1.54) is 11.1 Å². The molecule has 2 aromatic rings. The highest BCUT2D eigenvalue weighted by atomic mass is 32.2. The molecule has 1 aromatic heterocycles. The van der Waals surface area contributed by atoms with Gasteiger partial charge in [0.15, 0.2) is 0 Å². The Morgan fingerprint density at radius 1 is 1.22 bits per heavy atom. The van der Waals surface area contributed by atoms with Gasteiger partial charge in [0.2, 0.25) is 0 Å². The first-order chi connectivity index (χ1) is 8.79. The van der Waals surface area contributed by atoms with Crippen LogP contribution in [0.25, 0.3) is 0 Å². The van der Waals surface area contributed by atoms with E-state index in [1.54, 1.807) is 18.0 Å². The fourth-order valence-electron chi connectivity index (χ4n) is 1.78. The molecule has 1 aromatic carbocycles. The highest BCUT2D eigenvalue weighted by Gasteiger charge is 2.06. The molecule has 0 aliphatic rings. The Balaban J connectivity index is 1.81. The number of rotatable bonds is 6. The third-order valence-electron chi connectivity index (χ3n) is 2.94. The van der Waals surface area contributed by atoms with Crippen LogP contribution in [0.4, 0.5) is 0 Å². The lowest BCUT2D eigenvalue weighted by molar-refractivity contribution is 0.530. The summed E-state index contributed by atoms with van der Waals surface area (Å²) in [6, 6.07) is 12.6. The van der Waals surface area contributed by atoms with Gasteiger partial charge in [0.1, 0.15) is 5.76 Å². The van der Waals surface area contributed by atoms with Gasteiger partial charge in [-0.05, 0) is 29.7 Å². The van der Waals surface area contributed by atoms with Crippen LogP contribution in [0.1, 0.15) is 29.9 Å². The van der Waals surface area contributed by atoms with Gasteiger partial charge >= 0.3 is 0 Å². The monoisotopic (exact) mass is 261 g/mol. The SMILES string of the molecule is CCc1ccc(C(N)CSCc2ccco2)cc1. The lowest BCUT2D eigenvalue weighted by Gasteiger charge is -2.11. The first-order valence-electron chi connectivity index (χ1n) is 6.24. The Kier molecular flexibility index (Phi) is 4.90. The highest BCUT2D eigenvalue weighted by molar-refractivity contribution is 7.98. The zero-order valence-corrected chi connectivity index (χ0v) is 11.5. The van der Waals surface area contributed by atoms with Crippen molar-refractivity contribution in [1.29, 1.82) is 0 Å². The maximum Gasteiger partial charge on any atom is 0.113 e. The second-order valence-corrected chi connectivity index (χ2v) is 5.33. The Bertz CT molecular complexity index is 450. The van der Waals surface area contributed by atoms with Crippen molar-refractivity contribution < 1.29 is 4.42 Å². The second-order valence-electron chi connectivity index (χ2n) is 4.30. The Labute approximate surface area is 113 Å². The molecular weight excluding hydrogens is 242 g/mol. The van der Waals surface area contributed by atoms with E-state index in [2.05, 4.69) is 31.2 Å². The Hall–Kier alpha value is -1.19. The summed E-state index contributed by atoms with van der Waals surface area (Å²) < 4.78 is 5.29. The van der Waals surface area contributed by atoms with Crippen molar-refractivity contribution in [2.75, 3.05) is 5.75 Å². The number of benzene rings is 1. The van der Waals surface area contributed by atoms with Gasteiger partial charge in [-0.25, -0.2) is 0 Å². The van der Waals surface area contributed by atoms with Crippen LogP contribution in [0.2, 0.25) is 0 Å². The summed E-state index contributed by atoms with van der Waals surface area (Å²) in [6.45, 7) is 2.16. The van der Waals surface area contributed by atoms with Gasteiger partial charge in [-0.3, -0.25) is 0 Å². The van der Waals surface area contributed by atoms with Crippen molar-refractivity contribution in [3.63, 3.8) is 0 Å². The van der Waals surface area contributed by atoms with Gasteiger partial charge in [-0.2, -0.15) is 11.8 Å². The number of furan rings is 1. The van der Waals surface area contributed by atoms with Gasteiger partial charge in [-0.1, -0.05) is 31.2 Å². The number of hydrogen-bond acceptors (Lipinski definition) is 3. The molecule has 2 nitrogen and oxygen atoms in total. The summed E-state index contributed by atoms with van der Waals surface area (Å²) in [6.07, 6.45) is 2.78. The van der Waals surface area contributed by atoms with Gasteiger partial charge < -0.3 is 10.2 Å². The largest absolute Gasteiger partial charge is 0.468 e. The normalized spacial score (nSPS) is 12.6. The van der Waals surface area contributed by atoms with Crippen molar-refractivity contribution in [2.45, 2.75) is 25.1 Å². The quantitative estimate of drug-likeness (QED) is 0.860. The molecule has 1 atom stereocenters. The molecule has 0 amide bonds. The molecule has 0 fully saturated rings. The molecule has 3 heteroatoms. The lowest BCUT2D eigenvalue weighted by atomic mass is 10.1. The predicted molar refractivity (Wildman–Crippen MR) is 77.6 cm³/mol. The summed E-state index contributed by atoms with van der Waals surface area (Å²) in [4.78, 5) is 0. The van der Waals surface area contributed by atoms with E-state index in [0.29, 0.717) is 0 Å². The van der Waals surface area contributed by atoms with Crippen LogP contribution in [0, 0.1) is 0 Å². The molecule has 0 spiro atoms. The zero-order chi connectivity index (χ0) is 12.8. The molecule has 0 aliphatic carbocycles. The van der Waals surface area contributed by atoms with Crippen LogP contribution in [-0.4, -0.2) is 5.75 Å². The molecule has 1 unspecified atom stereocenters. The topological polar surface area (TPSA) is 39.2 Å². The van der Waals surface area contributed by atoms with Crippen molar-refractivity contribution in [3.8, 4) is 0 Å². The summed E-state index contributed by atoms with van der Waals surface area (Å²) in [7, 11) is 0. The first-order valence-corrected chi connectivity index (χ1v) is 7.39. The summed E-state index contributed by atoms with van der Waals surface area (Å²) in [5.41, 5.74) is 8.74. The van der Waals surface area contributed by atoms with E-state index in [9.17, 15) is 0 Å². The lowest BCUT2D eigenvalue weighted by Crippen LogP contribution is -2.13. The minimum atomic E-state index is 0.0934. The van der Waals surface area contributed by atoms with Crippen molar-refractivity contribution in [2.24, 2.45) is 5.73 Å². The van der Waals surface area contributed by atoms with E-state index in [1.807, 2.05) is 12.1 Å². The molecule has 1 heterocycles. The zero-order valence-electron chi connectivity index (χ0n) is 10.6. The average molecular weight is 261 g/mol. The number of hydrogen-bond donors (Lipinski definition) is 1. The van der Waals surface area contributed by atoms with Crippen LogP contribution in [0.15, 0.2) is 47.1 Å². The smallest absolute Gasteiger partial charge is 0.113 e. The second kappa shape index (κ2) is 6.66. The van der Waals surface area contributed by atoms with E-state index in [4.69, 9.17) is 10.2 Å². The first kappa shape index (κ1) is 13.2. The van der Waals surface area contributed by atoms with E-state index in [0.717, 1.165) is 23.7 Å². The molecule has 18 heavy (non-hydrogen) atoms. The van der Waals surface area contributed by atoms with Crippen LogP contribution < -0.4 is 5.73 Å². The molecule has 2 N–H and O–H groups in total. The standard InChI is InChI=1S/C15H19NOS/c1-2-12-5-7-13(8-6-12)15(16)11-18-10-14-4-3-9-17-14/h3-9,15H,2,10-11,16H2,1H3. The number of thioether (sulfide) groups is 1. The molecule has 0 aliphatic heterocycles. The summed E-state index contributed by atoms with van der Waals surface area (Å²) >= 11 is 1.81. The predicted octanol–water partition coefficient (Wildman–Crippen LogP) is 3.78. The van der Waals surface area contributed by atoms with E-state index < -0.39 is 0 Å². The summed E-state index contributed by atoms with van der Waals surface area (Å²) in [5, 5.41) is 0. The minimum absolute atomic E-state index is 0.0934. The van der Waals surface area contributed by atoms with Crippen LogP contribution in [0.3, 0.4) is 0 Å². The third-order valence-corrected chi connectivity index (χ3v) is 4.02. The number of aryl methyl sites for hydroxylation is 1. The van der Waals surface area contributed by atoms with Gasteiger partial charge in [0.05, 0.1) is 12.0 Å². The average Bonchev–Trinajstić information content (AvgIpc) is 2.92. The van der Waals surface area contributed by atoms with Crippen LogP contribution in [-0.2, 0) is 12.2 Å². The van der Waals surface area contributed by atoms with Crippen molar-refractivity contribution in [3.05, 3.63) is 59.5 Å². The molecular formula is C15H19NOS. The van der Waals surface area contributed by atoms with Crippen molar-refractivity contribution >= 4 is 11.8 Å². The summed E-state index contributed by atoms with van der Waals surface area (Å²) in [5.74, 6) is 2.80. The van der Waals surface area contributed by atoms with E-state index in [-0.39, 0.29) is 6.04 Å². The maximum absolute atomic E-state index is 6.17. The molecule has 2 rings (SSSR count). The molecule has 0 bridgehead atoms. The third kappa shape index (κ3) is 3.65. The Morgan fingerprint density at radius 2 is 2.00 bits per heavy atom. The fourth-order valence-corrected chi connectivity index (χ4v) is 2.71. The minimum Gasteiger partial charge on any atom is -0.468 e.